The van der Waals surface area contributed by atoms with Crippen molar-refractivity contribution in [1.82, 2.24) is 5.32 Å². The van der Waals surface area contributed by atoms with Crippen molar-refractivity contribution >= 4 is 0 Å². The maximum Gasteiger partial charge on any atom is 0.200 e. The first-order valence-electron chi connectivity index (χ1n) is 11.6. The van der Waals surface area contributed by atoms with E-state index < -0.39 is 11.6 Å². The molecule has 0 amide bonds. The van der Waals surface area contributed by atoms with Crippen molar-refractivity contribution in [3.63, 3.8) is 0 Å². The predicted molar refractivity (Wildman–Crippen MR) is 115 cm³/mol. The van der Waals surface area contributed by atoms with E-state index in [0.717, 1.165) is 38.0 Å². The molecule has 0 bridgehead atoms. The first-order valence-corrected chi connectivity index (χ1v) is 11.6. The number of hydrogen-bond acceptors (Lipinski definition) is 2. The minimum Gasteiger partial charge on any atom is -0.491 e. The fraction of sp³-hybridized carbons (Fsp3) is 0.680. The predicted octanol–water partition coefficient (Wildman–Crippen LogP) is 6.75. The van der Waals surface area contributed by atoms with Crippen LogP contribution in [0.5, 0.6) is 5.75 Å². The monoisotopic (exact) mass is 405 g/mol. The van der Waals surface area contributed by atoms with Crippen LogP contribution in [0.3, 0.4) is 0 Å². The third kappa shape index (κ3) is 6.04. The molecular weight excluding hydrogens is 368 g/mol. The Kier molecular flexibility index (Phi) is 8.53. The van der Waals surface area contributed by atoms with Crippen molar-refractivity contribution in [2.75, 3.05) is 13.7 Å². The summed E-state index contributed by atoms with van der Waals surface area (Å²) in [7, 11) is 2.07. The van der Waals surface area contributed by atoms with E-state index >= 15 is 0 Å². The van der Waals surface area contributed by atoms with Crippen LogP contribution in [-0.4, -0.2) is 19.7 Å². The summed E-state index contributed by atoms with van der Waals surface area (Å²) in [4.78, 5) is 0. The zero-order valence-electron chi connectivity index (χ0n) is 18.1. The molecule has 29 heavy (non-hydrogen) atoms. The Hall–Kier alpha value is -1.42. The maximum atomic E-state index is 14.5. The Balaban J connectivity index is 1.41. The fourth-order valence-corrected chi connectivity index (χ4v) is 5.11. The smallest absolute Gasteiger partial charge is 0.200 e. The zero-order valence-corrected chi connectivity index (χ0v) is 18.1. The van der Waals surface area contributed by atoms with Gasteiger partial charge in [-0.25, -0.2) is 4.39 Å². The van der Waals surface area contributed by atoms with Gasteiger partial charge in [-0.2, -0.15) is 4.39 Å². The zero-order chi connectivity index (χ0) is 20.6. The summed E-state index contributed by atoms with van der Waals surface area (Å²) in [6.07, 6.45) is 16.5. The molecule has 1 N–H and O–H groups in total. The molecule has 0 radical (unpaired) electrons. The highest BCUT2D eigenvalue weighted by molar-refractivity contribution is 5.33. The molecule has 2 aliphatic rings. The van der Waals surface area contributed by atoms with E-state index in [1.165, 1.54) is 32.1 Å². The Morgan fingerprint density at radius 3 is 2.38 bits per heavy atom. The van der Waals surface area contributed by atoms with Crippen LogP contribution in [0.1, 0.15) is 82.6 Å². The summed E-state index contributed by atoms with van der Waals surface area (Å²) in [6, 6.07) is 4.02. The van der Waals surface area contributed by atoms with Crippen molar-refractivity contribution in [2.24, 2.45) is 11.8 Å². The summed E-state index contributed by atoms with van der Waals surface area (Å²) in [5.74, 6) is 0.0816. The van der Waals surface area contributed by atoms with Crippen LogP contribution < -0.4 is 10.1 Å². The molecule has 0 heterocycles. The van der Waals surface area contributed by atoms with Gasteiger partial charge >= 0.3 is 0 Å². The average molecular weight is 406 g/mol. The molecule has 3 rings (SSSR count). The molecule has 4 heteroatoms. The SMILES string of the molecule is CCOc1ccc(C2CCC(CC/C=C/C3CCC(NC)CC3)CC2)c(F)c1F. The van der Waals surface area contributed by atoms with Crippen LogP contribution in [0.2, 0.25) is 0 Å². The van der Waals surface area contributed by atoms with E-state index in [2.05, 4.69) is 24.5 Å². The van der Waals surface area contributed by atoms with Gasteiger partial charge in [-0.05, 0) is 108 Å². The molecule has 2 nitrogen and oxygen atoms in total. The van der Waals surface area contributed by atoms with Gasteiger partial charge in [0.25, 0.3) is 0 Å². The van der Waals surface area contributed by atoms with Crippen LogP contribution >= 0.6 is 0 Å². The van der Waals surface area contributed by atoms with Gasteiger partial charge in [0, 0.05) is 6.04 Å². The molecule has 0 aromatic heterocycles. The van der Waals surface area contributed by atoms with Gasteiger partial charge in [0.2, 0.25) is 5.82 Å². The molecular formula is C25H37F2NO. The molecule has 2 saturated carbocycles. The van der Waals surface area contributed by atoms with Crippen LogP contribution in [0.25, 0.3) is 0 Å². The summed E-state index contributed by atoms with van der Waals surface area (Å²) in [5, 5.41) is 3.39. The van der Waals surface area contributed by atoms with Gasteiger partial charge in [-0.1, -0.05) is 18.2 Å². The highest BCUT2D eigenvalue weighted by Gasteiger charge is 2.26. The first kappa shape index (κ1) is 22.3. The van der Waals surface area contributed by atoms with E-state index in [1.807, 2.05) is 0 Å². The average Bonchev–Trinajstić information content (AvgIpc) is 2.76. The molecule has 2 fully saturated rings. The molecule has 0 atom stereocenters. The first-order chi connectivity index (χ1) is 14.1. The summed E-state index contributed by atoms with van der Waals surface area (Å²) in [6.45, 7) is 2.11. The molecule has 0 unspecified atom stereocenters. The fourth-order valence-electron chi connectivity index (χ4n) is 5.11. The van der Waals surface area contributed by atoms with Crippen LogP contribution in [0.15, 0.2) is 24.3 Å². The molecule has 2 aliphatic carbocycles. The second kappa shape index (κ2) is 11.1. The highest BCUT2D eigenvalue weighted by Crippen LogP contribution is 2.40. The lowest BCUT2D eigenvalue weighted by Crippen LogP contribution is -2.29. The van der Waals surface area contributed by atoms with Gasteiger partial charge in [0.15, 0.2) is 11.6 Å². The third-order valence-corrected chi connectivity index (χ3v) is 6.99. The standard InChI is InChI=1S/C25H37F2NO/c1-3-29-23-17-16-22(24(26)25(23)27)20-12-8-18(9-13-20)6-4-5-7-19-10-14-21(28-2)15-11-19/h5,7,16-21,28H,3-4,6,8-15H2,1-2H3/b7-5+. The Morgan fingerprint density at radius 1 is 1.00 bits per heavy atom. The summed E-state index contributed by atoms with van der Waals surface area (Å²) < 4.78 is 33.8. The van der Waals surface area contributed by atoms with E-state index in [-0.39, 0.29) is 11.7 Å². The topological polar surface area (TPSA) is 21.3 Å². The minimum absolute atomic E-state index is 0.0219. The van der Waals surface area contributed by atoms with Crippen LogP contribution in [-0.2, 0) is 0 Å². The van der Waals surface area contributed by atoms with Crippen molar-refractivity contribution in [3.05, 3.63) is 41.5 Å². The normalized spacial score (nSPS) is 28.0. The van der Waals surface area contributed by atoms with E-state index in [4.69, 9.17) is 4.74 Å². The number of halogens is 2. The van der Waals surface area contributed by atoms with Crippen molar-refractivity contribution < 1.29 is 13.5 Å². The quantitative estimate of drug-likeness (QED) is 0.483. The van der Waals surface area contributed by atoms with Gasteiger partial charge < -0.3 is 10.1 Å². The number of nitrogens with one attached hydrogen (secondary N) is 1. The largest absolute Gasteiger partial charge is 0.491 e. The summed E-state index contributed by atoms with van der Waals surface area (Å²) >= 11 is 0. The number of allylic oxidation sites excluding steroid dienone is 2. The maximum absolute atomic E-state index is 14.5. The van der Waals surface area contributed by atoms with Crippen molar-refractivity contribution in [2.45, 2.75) is 83.1 Å². The lowest BCUT2D eigenvalue weighted by molar-refractivity contribution is 0.297. The molecule has 162 valence electrons. The van der Waals surface area contributed by atoms with Crippen molar-refractivity contribution in [1.29, 1.82) is 0 Å². The third-order valence-electron chi connectivity index (χ3n) is 6.99. The number of ether oxygens (including phenoxy) is 1. The summed E-state index contributed by atoms with van der Waals surface area (Å²) in [5.41, 5.74) is 0.529. The van der Waals surface area contributed by atoms with Crippen LogP contribution in [0.4, 0.5) is 8.78 Å². The van der Waals surface area contributed by atoms with E-state index in [0.29, 0.717) is 24.1 Å². The molecule has 0 spiro atoms. The number of rotatable bonds is 8. The van der Waals surface area contributed by atoms with E-state index in [1.54, 1.807) is 19.1 Å². The molecule has 0 aliphatic heterocycles. The van der Waals surface area contributed by atoms with Gasteiger partial charge in [0.05, 0.1) is 6.61 Å². The van der Waals surface area contributed by atoms with Crippen molar-refractivity contribution in [3.8, 4) is 5.75 Å². The Morgan fingerprint density at radius 2 is 1.72 bits per heavy atom. The van der Waals surface area contributed by atoms with Gasteiger partial charge in [-0.15, -0.1) is 0 Å². The highest BCUT2D eigenvalue weighted by atomic mass is 19.2. The Bertz CT molecular complexity index is 659. The Labute approximate surface area is 175 Å². The molecule has 1 aromatic carbocycles. The van der Waals surface area contributed by atoms with E-state index in [9.17, 15) is 8.78 Å². The van der Waals surface area contributed by atoms with Gasteiger partial charge in [0.1, 0.15) is 0 Å². The molecule has 1 aromatic rings. The van der Waals surface area contributed by atoms with Crippen LogP contribution in [0, 0.1) is 23.5 Å². The number of benzene rings is 1. The lowest BCUT2D eigenvalue weighted by atomic mass is 9.77. The second-order valence-electron chi connectivity index (χ2n) is 8.84. The second-order valence-corrected chi connectivity index (χ2v) is 8.84. The lowest BCUT2D eigenvalue weighted by Gasteiger charge is -2.29. The van der Waals surface area contributed by atoms with Gasteiger partial charge in [-0.3, -0.25) is 0 Å². The minimum atomic E-state index is -0.833. The number of hydrogen-bond donors (Lipinski definition) is 1. The molecule has 0 saturated heterocycles.